The Morgan fingerprint density at radius 1 is 1.03 bits per heavy atom. The first kappa shape index (κ1) is 21.2. The van der Waals surface area contributed by atoms with Gasteiger partial charge in [0.2, 0.25) is 0 Å². The molecule has 3 aromatic rings. The normalized spacial score (nSPS) is 17.7. The number of pyridine rings is 2. The topological polar surface area (TPSA) is 92.6 Å². The summed E-state index contributed by atoms with van der Waals surface area (Å²) in [5, 5.41) is 11.1. The molecule has 0 spiro atoms. The minimum absolute atomic E-state index is 0.0129. The number of hydrogen-bond donors (Lipinski definition) is 1. The van der Waals surface area contributed by atoms with Crippen LogP contribution in [0.4, 0.5) is 0 Å². The SMILES string of the molecule is CC(C)Oc1ccc(/C(O)=C2\C(=O)C(=O)N(Cc3cccnc3)[C@H]2c2ccncc2)cc1. The fourth-order valence-electron chi connectivity index (χ4n) is 3.74. The van der Waals surface area contributed by atoms with Gasteiger partial charge in [0.05, 0.1) is 17.7 Å². The number of hydrogen-bond acceptors (Lipinski definition) is 6. The number of aliphatic hydroxyl groups is 1. The van der Waals surface area contributed by atoms with Gasteiger partial charge in [-0.15, -0.1) is 0 Å². The highest BCUT2D eigenvalue weighted by Crippen LogP contribution is 2.40. The highest BCUT2D eigenvalue weighted by Gasteiger charge is 2.46. The van der Waals surface area contributed by atoms with Gasteiger partial charge in [-0.3, -0.25) is 19.6 Å². The standard InChI is InChI=1S/C25H23N3O4/c1-16(2)32-20-7-5-19(6-8-20)23(29)21-22(18-9-12-26-13-10-18)28(25(31)24(21)30)15-17-4-3-11-27-14-17/h3-14,16,22,29H,15H2,1-2H3/b23-21+/t22-/m0/s1. The third-order valence-corrected chi connectivity index (χ3v) is 5.14. The van der Waals surface area contributed by atoms with E-state index in [1.54, 1.807) is 67.3 Å². The number of likely N-dealkylation sites (tertiary alicyclic amines) is 1. The molecular formula is C25H23N3O4. The zero-order valence-electron chi connectivity index (χ0n) is 17.8. The molecule has 0 radical (unpaired) electrons. The van der Waals surface area contributed by atoms with Crippen LogP contribution in [0.1, 0.15) is 36.6 Å². The summed E-state index contributed by atoms with van der Waals surface area (Å²) in [6, 6.07) is 13.1. The molecule has 0 unspecified atom stereocenters. The largest absolute Gasteiger partial charge is 0.507 e. The predicted molar refractivity (Wildman–Crippen MR) is 119 cm³/mol. The van der Waals surface area contributed by atoms with Gasteiger partial charge >= 0.3 is 0 Å². The first-order valence-electron chi connectivity index (χ1n) is 10.3. The van der Waals surface area contributed by atoms with E-state index < -0.39 is 17.7 Å². The smallest absolute Gasteiger partial charge is 0.295 e. The van der Waals surface area contributed by atoms with E-state index in [-0.39, 0.29) is 24.0 Å². The highest BCUT2D eigenvalue weighted by atomic mass is 16.5. The van der Waals surface area contributed by atoms with Crippen molar-refractivity contribution in [2.24, 2.45) is 0 Å². The summed E-state index contributed by atoms with van der Waals surface area (Å²) >= 11 is 0. The van der Waals surface area contributed by atoms with Crippen molar-refractivity contribution in [3.8, 4) is 5.75 Å². The summed E-state index contributed by atoms with van der Waals surface area (Å²) in [4.78, 5) is 35.6. The van der Waals surface area contributed by atoms with Crippen molar-refractivity contribution in [2.75, 3.05) is 0 Å². The van der Waals surface area contributed by atoms with E-state index in [1.807, 2.05) is 19.9 Å². The van der Waals surface area contributed by atoms with E-state index in [2.05, 4.69) is 9.97 Å². The number of amides is 1. The summed E-state index contributed by atoms with van der Waals surface area (Å²) in [5.74, 6) is -0.970. The van der Waals surface area contributed by atoms with E-state index in [0.717, 1.165) is 5.56 Å². The Bertz CT molecular complexity index is 1140. The van der Waals surface area contributed by atoms with Gasteiger partial charge in [0.15, 0.2) is 0 Å². The van der Waals surface area contributed by atoms with Gasteiger partial charge in [0.1, 0.15) is 11.5 Å². The average molecular weight is 429 g/mol. The molecule has 1 aromatic carbocycles. The van der Waals surface area contributed by atoms with Crippen molar-refractivity contribution in [3.05, 3.63) is 95.6 Å². The van der Waals surface area contributed by atoms with Gasteiger partial charge in [0.25, 0.3) is 11.7 Å². The van der Waals surface area contributed by atoms with Crippen LogP contribution in [0, 0.1) is 0 Å². The monoisotopic (exact) mass is 429 g/mol. The van der Waals surface area contributed by atoms with Gasteiger partial charge in [0, 0.05) is 36.9 Å². The molecule has 1 fully saturated rings. The van der Waals surface area contributed by atoms with Crippen molar-refractivity contribution in [1.29, 1.82) is 0 Å². The van der Waals surface area contributed by atoms with Crippen molar-refractivity contribution in [1.82, 2.24) is 14.9 Å². The van der Waals surface area contributed by atoms with Crippen LogP contribution < -0.4 is 4.74 Å². The molecule has 0 saturated carbocycles. The maximum atomic E-state index is 13.1. The molecule has 1 aliphatic heterocycles. The van der Waals surface area contributed by atoms with E-state index in [0.29, 0.717) is 16.9 Å². The van der Waals surface area contributed by atoms with Crippen molar-refractivity contribution in [3.63, 3.8) is 0 Å². The zero-order valence-corrected chi connectivity index (χ0v) is 17.8. The number of carbonyl (C=O) groups is 2. The molecule has 1 N–H and O–H groups in total. The number of Topliss-reactive ketones (excluding diaryl/α,β-unsaturated/α-hetero) is 1. The number of ether oxygens (including phenoxy) is 1. The van der Waals surface area contributed by atoms with Crippen LogP contribution >= 0.6 is 0 Å². The van der Waals surface area contributed by atoms with Gasteiger partial charge < -0.3 is 14.7 Å². The maximum Gasteiger partial charge on any atom is 0.295 e. The number of benzene rings is 1. The molecule has 0 bridgehead atoms. The lowest BCUT2D eigenvalue weighted by Crippen LogP contribution is -2.29. The molecule has 3 heterocycles. The van der Waals surface area contributed by atoms with Gasteiger partial charge in [-0.05, 0) is 67.4 Å². The van der Waals surface area contributed by atoms with Crippen LogP contribution in [0.3, 0.4) is 0 Å². The summed E-state index contributed by atoms with van der Waals surface area (Å²) in [7, 11) is 0. The van der Waals surface area contributed by atoms with E-state index in [9.17, 15) is 14.7 Å². The Morgan fingerprint density at radius 3 is 2.38 bits per heavy atom. The molecule has 162 valence electrons. The molecule has 1 amide bonds. The second-order valence-electron chi connectivity index (χ2n) is 7.76. The fraction of sp³-hybridized carbons (Fsp3) is 0.200. The predicted octanol–water partition coefficient (Wildman–Crippen LogP) is 3.89. The van der Waals surface area contributed by atoms with Crippen LogP contribution in [0.2, 0.25) is 0 Å². The molecule has 1 aliphatic rings. The molecule has 7 heteroatoms. The second-order valence-corrected chi connectivity index (χ2v) is 7.76. The quantitative estimate of drug-likeness (QED) is 0.363. The molecular weight excluding hydrogens is 406 g/mol. The number of carbonyl (C=O) groups excluding carboxylic acids is 2. The summed E-state index contributed by atoms with van der Waals surface area (Å²) in [6.07, 6.45) is 6.50. The molecule has 1 atom stereocenters. The molecule has 4 rings (SSSR count). The van der Waals surface area contributed by atoms with Crippen LogP contribution in [0.15, 0.2) is 78.9 Å². The number of nitrogens with zero attached hydrogens (tertiary/aromatic N) is 3. The van der Waals surface area contributed by atoms with Gasteiger partial charge in [-0.2, -0.15) is 0 Å². The molecule has 0 aliphatic carbocycles. The lowest BCUT2D eigenvalue weighted by molar-refractivity contribution is -0.140. The number of aromatic nitrogens is 2. The minimum atomic E-state index is -0.746. The Kier molecular flexibility index (Phi) is 5.98. The Labute approximate surface area is 186 Å². The lowest BCUT2D eigenvalue weighted by Gasteiger charge is -2.25. The second kappa shape index (κ2) is 9.01. The lowest BCUT2D eigenvalue weighted by atomic mass is 9.96. The number of ketones is 1. The molecule has 32 heavy (non-hydrogen) atoms. The Hall–Kier alpha value is -4.00. The van der Waals surface area contributed by atoms with E-state index in [4.69, 9.17) is 4.74 Å². The molecule has 7 nitrogen and oxygen atoms in total. The van der Waals surface area contributed by atoms with Crippen LogP contribution in [0.5, 0.6) is 5.75 Å². The van der Waals surface area contributed by atoms with Gasteiger partial charge in [-0.1, -0.05) is 6.07 Å². The summed E-state index contributed by atoms with van der Waals surface area (Å²) in [5.41, 5.74) is 1.94. The highest BCUT2D eigenvalue weighted by molar-refractivity contribution is 6.46. The molecule has 1 saturated heterocycles. The van der Waals surface area contributed by atoms with Crippen molar-refractivity contribution in [2.45, 2.75) is 32.5 Å². The first-order valence-corrected chi connectivity index (χ1v) is 10.3. The van der Waals surface area contributed by atoms with Crippen LogP contribution in [-0.2, 0) is 16.1 Å². The summed E-state index contributed by atoms with van der Waals surface area (Å²) < 4.78 is 5.65. The Balaban J connectivity index is 1.78. The van der Waals surface area contributed by atoms with Crippen molar-refractivity contribution < 1.29 is 19.4 Å². The maximum absolute atomic E-state index is 13.1. The number of rotatable bonds is 6. The van der Waals surface area contributed by atoms with Gasteiger partial charge in [-0.25, -0.2) is 0 Å². The zero-order chi connectivity index (χ0) is 22.7. The summed E-state index contributed by atoms with van der Waals surface area (Å²) in [6.45, 7) is 4.03. The van der Waals surface area contributed by atoms with E-state index in [1.165, 1.54) is 4.90 Å². The third-order valence-electron chi connectivity index (χ3n) is 5.14. The minimum Gasteiger partial charge on any atom is -0.507 e. The first-order chi connectivity index (χ1) is 15.5. The van der Waals surface area contributed by atoms with Crippen LogP contribution in [-0.4, -0.2) is 37.8 Å². The Morgan fingerprint density at radius 2 is 1.75 bits per heavy atom. The van der Waals surface area contributed by atoms with Crippen LogP contribution in [0.25, 0.3) is 5.76 Å². The fourth-order valence-corrected chi connectivity index (χ4v) is 3.74. The molecule has 2 aromatic heterocycles. The van der Waals surface area contributed by atoms with Crippen molar-refractivity contribution >= 4 is 17.4 Å². The number of aliphatic hydroxyl groups excluding tert-OH is 1. The van der Waals surface area contributed by atoms with E-state index >= 15 is 0 Å². The average Bonchev–Trinajstić information content (AvgIpc) is 3.05. The third kappa shape index (κ3) is 4.23.